The van der Waals surface area contributed by atoms with E-state index in [0.717, 1.165) is 62.0 Å². The SMILES string of the molecule is N=C(c1ccccc1)N(C(=N)c1ccccc1)c1ccc(-c2ccc3ccc4c(-c5ccc(-n6c(-c7ccccc7)nnc6-c6ccccc6)cc5)ccc5ccc2c3c54)cc1. The first-order valence-corrected chi connectivity index (χ1v) is 20.7. The molecule has 1 heterocycles. The van der Waals surface area contributed by atoms with Gasteiger partial charge < -0.3 is 0 Å². The van der Waals surface area contributed by atoms with Gasteiger partial charge in [0.15, 0.2) is 11.6 Å². The van der Waals surface area contributed by atoms with Gasteiger partial charge in [0.05, 0.1) is 0 Å². The van der Waals surface area contributed by atoms with Crippen molar-refractivity contribution in [2.24, 2.45) is 0 Å². The zero-order valence-corrected chi connectivity index (χ0v) is 33.6. The summed E-state index contributed by atoms with van der Waals surface area (Å²) < 4.78 is 2.14. The second-order valence-electron chi connectivity index (χ2n) is 15.4. The molecule has 0 fully saturated rings. The Kier molecular flexibility index (Phi) is 9.02. The quantitative estimate of drug-likeness (QED) is 0.0913. The Balaban J connectivity index is 0.978. The van der Waals surface area contributed by atoms with Gasteiger partial charge in [-0.1, -0.05) is 194 Å². The van der Waals surface area contributed by atoms with Gasteiger partial charge in [0, 0.05) is 33.6 Å². The Morgan fingerprint density at radius 2 is 0.758 bits per heavy atom. The van der Waals surface area contributed by atoms with Crippen LogP contribution in [0.1, 0.15) is 11.1 Å². The van der Waals surface area contributed by atoms with Crippen molar-refractivity contribution in [1.29, 1.82) is 10.8 Å². The highest BCUT2D eigenvalue weighted by Crippen LogP contribution is 2.43. The first-order chi connectivity index (χ1) is 30.6. The second kappa shape index (κ2) is 15.3. The highest BCUT2D eigenvalue weighted by Gasteiger charge is 2.22. The van der Waals surface area contributed by atoms with Crippen molar-refractivity contribution in [3.63, 3.8) is 0 Å². The van der Waals surface area contributed by atoms with Crippen LogP contribution in [0.4, 0.5) is 5.69 Å². The predicted octanol–water partition coefficient (Wildman–Crippen LogP) is 13.7. The van der Waals surface area contributed by atoms with Crippen molar-refractivity contribution in [3.8, 4) is 50.7 Å². The molecule has 0 bridgehead atoms. The number of aromatic nitrogens is 3. The zero-order chi connectivity index (χ0) is 41.6. The minimum Gasteiger partial charge on any atom is -0.284 e. The predicted molar refractivity (Wildman–Crippen MR) is 256 cm³/mol. The van der Waals surface area contributed by atoms with Gasteiger partial charge in [0.2, 0.25) is 0 Å². The van der Waals surface area contributed by atoms with E-state index in [4.69, 9.17) is 0 Å². The first kappa shape index (κ1) is 36.6. The lowest BCUT2D eigenvalue weighted by Gasteiger charge is -2.26. The zero-order valence-electron chi connectivity index (χ0n) is 33.6. The molecule has 6 heteroatoms. The lowest BCUT2D eigenvalue weighted by Crippen LogP contribution is -2.37. The van der Waals surface area contributed by atoms with E-state index in [9.17, 15) is 10.8 Å². The molecule has 62 heavy (non-hydrogen) atoms. The number of hydrogen-bond donors (Lipinski definition) is 2. The smallest absolute Gasteiger partial charge is 0.168 e. The Morgan fingerprint density at radius 1 is 0.371 bits per heavy atom. The number of nitrogens with one attached hydrogen (secondary N) is 2. The van der Waals surface area contributed by atoms with Crippen LogP contribution in [0.3, 0.4) is 0 Å². The van der Waals surface area contributed by atoms with Crippen LogP contribution in [0.15, 0.2) is 218 Å². The van der Waals surface area contributed by atoms with Crippen LogP contribution in [-0.4, -0.2) is 26.4 Å². The molecule has 0 atom stereocenters. The number of nitrogens with zero attached hydrogens (tertiary/aromatic N) is 4. The maximum absolute atomic E-state index is 9.23. The van der Waals surface area contributed by atoms with Gasteiger partial charge in [0.25, 0.3) is 0 Å². The van der Waals surface area contributed by atoms with Crippen molar-refractivity contribution < 1.29 is 0 Å². The number of anilines is 1. The second-order valence-corrected chi connectivity index (χ2v) is 15.4. The molecule has 0 radical (unpaired) electrons. The van der Waals surface area contributed by atoms with Crippen molar-refractivity contribution in [3.05, 3.63) is 230 Å². The molecule has 0 spiro atoms. The van der Waals surface area contributed by atoms with Crippen molar-refractivity contribution in [2.75, 3.05) is 4.90 Å². The molecule has 11 rings (SSSR count). The van der Waals surface area contributed by atoms with E-state index in [1.54, 1.807) is 4.90 Å². The Bertz CT molecular complexity index is 3290. The Morgan fingerprint density at radius 3 is 1.19 bits per heavy atom. The molecule has 0 aliphatic carbocycles. The summed E-state index contributed by atoms with van der Waals surface area (Å²) in [4.78, 5) is 1.71. The molecule has 11 aromatic rings. The van der Waals surface area contributed by atoms with Crippen molar-refractivity contribution in [2.45, 2.75) is 0 Å². The summed E-state index contributed by atoms with van der Waals surface area (Å²) in [5.41, 5.74) is 9.73. The summed E-state index contributed by atoms with van der Waals surface area (Å²) in [6.07, 6.45) is 0. The van der Waals surface area contributed by atoms with E-state index in [1.807, 2.05) is 109 Å². The highest BCUT2D eigenvalue weighted by atomic mass is 15.3. The lowest BCUT2D eigenvalue weighted by atomic mass is 9.87. The molecule has 10 aromatic carbocycles. The van der Waals surface area contributed by atoms with Gasteiger partial charge in [-0.3, -0.25) is 20.3 Å². The standard InChI is InChI=1S/C56H38N6/c57-53(41-13-5-1-6-14-41)61(54(58)42-15-7-2-8-16-42)45-29-21-37(22-30-45)47-33-25-39-28-36-50-48(34-26-40-27-35-49(47)51(39)52(40)50)38-23-31-46(32-24-38)62-55(43-17-9-3-10-18-43)59-60-56(62)44-19-11-4-12-20-44/h1-36,57-58H. The molecular weight excluding hydrogens is 757 g/mol. The average molecular weight is 795 g/mol. The van der Waals surface area contributed by atoms with E-state index >= 15 is 0 Å². The lowest BCUT2D eigenvalue weighted by molar-refractivity contribution is 1.07. The Labute approximate surface area is 359 Å². The highest BCUT2D eigenvalue weighted by molar-refractivity contribution is 6.29. The van der Waals surface area contributed by atoms with Crippen LogP contribution < -0.4 is 4.90 Å². The van der Waals surface area contributed by atoms with Crippen LogP contribution in [0.5, 0.6) is 0 Å². The van der Waals surface area contributed by atoms with E-state index in [-0.39, 0.29) is 11.7 Å². The molecule has 0 saturated heterocycles. The minimum absolute atomic E-state index is 0.244. The summed E-state index contributed by atoms with van der Waals surface area (Å²) >= 11 is 0. The largest absolute Gasteiger partial charge is 0.284 e. The molecule has 0 aliphatic heterocycles. The van der Waals surface area contributed by atoms with E-state index < -0.39 is 0 Å². The summed E-state index contributed by atoms with van der Waals surface area (Å²) in [5, 5.41) is 35.1. The fourth-order valence-electron chi connectivity index (χ4n) is 8.78. The van der Waals surface area contributed by atoms with Gasteiger partial charge in [-0.2, -0.15) is 0 Å². The number of benzene rings is 10. The number of amidine groups is 2. The summed E-state index contributed by atoms with van der Waals surface area (Å²) in [7, 11) is 0. The van der Waals surface area contributed by atoms with Crippen molar-refractivity contribution >= 4 is 49.7 Å². The minimum atomic E-state index is 0.244. The van der Waals surface area contributed by atoms with E-state index in [2.05, 4.69) is 124 Å². The maximum atomic E-state index is 9.23. The van der Waals surface area contributed by atoms with Crippen LogP contribution in [0, 0.1) is 10.8 Å². The number of rotatable bonds is 8. The topological polar surface area (TPSA) is 81.7 Å². The molecule has 0 unspecified atom stereocenters. The summed E-state index contributed by atoms with van der Waals surface area (Å²) in [6.45, 7) is 0. The molecule has 0 amide bonds. The third-order valence-corrected chi connectivity index (χ3v) is 11.8. The normalized spacial score (nSPS) is 11.4. The maximum Gasteiger partial charge on any atom is 0.168 e. The monoisotopic (exact) mass is 794 g/mol. The molecule has 292 valence electrons. The van der Waals surface area contributed by atoms with Crippen molar-refractivity contribution in [1.82, 2.24) is 14.8 Å². The first-order valence-electron chi connectivity index (χ1n) is 20.7. The van der Waals surface area contributed by atoms with Crippen LogP contribution in [0.2, 0.25) is 0 Å². The van der Waals surface area contributed by atoms with Crippen LogP contribution >= 0.6 is 0 Å². The fourth-order valence-corrected chi connectivity index (χ4v) is 8.78. The van der Waals surface area contributed by atoms with E-state index in [0.29, 0.717) is 0 Å². The third kappa shape index (κ3) is 6.30. The molecule has 6 nitrogen and oxygen atoms in total. The molecule has 1 aromatic heterocycles. The summed E-state index contributed by atoms with van der Waals surface area (Å²) in [5.74, 6) is 2.07. The van der Waals surface area contributed by atoms with Gasteiger partial charge in [-0.25, -0.2) is 0 Å². The molecular formula is C56H38N6. The number of hydrogen-bond acceptors (Lipinski definition) is 4. The van der Waals surface area contributed by atoms with Gasteiger partial charge in [-0.05, 0) is 78.8 Å². The van der Waals surface area contributed by atoms with Gasteiger partial charge >= 0.3 is 0 Å². The third-order valence-electron chi connectivity index (χ3n) is 11.8. The Hall–Kier alpha value is -8.48. The fraction of sp³-hybridized carbons (Fsp3) is 0. The van der Waals surface area contributed by atoms with Crippen LogP contribution in [-0.2, 0) is 0 Å². The molecule has 0 aliphatic rings. The molecule has 0 saturated carbocycles. The van der Waals surface area contributed by atoms with Gasteiger partial charge in [-0.15, -0.1) is 10.2 Å². The van der Waals surface area contributed by atoms with Gasteiger partial charge in [0.1, 0.15) is 11.7 Å². The summed E-state index contributed by atoms with van der Waals surface area (Å²) in [6, 6.07) is 74.6. The average Bonchev–Trinajstić information content (AvgIpc) is 3.80. The van der Waals surface area contributed by atoms with E-state index in [1.165, 1.54) is 37.9 Å². The van der Waals surface area contributed by atoms with Crippen LogP contribution in [0.25, 0.3) is 83.0 Å². The molecule has 2 N–H and O–H groups in total.